The van der Waals surface area contributed by atoms with Gasteiger partial charge in [-0.25, -0.2) is 18.5 Å². The van der Waals surface area contributed by atoms with Gasteiger partial charge in [0, 0.05) is 11.1 Å². The van der Waals surface area contributed by atoms with Crippen LogP contribution in [0.25, 0.3) is 15.2 Å². The number of nitrogens with zero attached hydrogens (tertiary/aromatic N) is 5. The second kappa shape index (κ2) is 10.0. The number of carbonyl (C=O) groups excluding carboxylic acids is 1. The van der Waals surface area contributed by atoms with Gasteiger partial charge in [-0.1, -0.05) is 11.3 Å². The van der Waals surface area contributed by atoms with Crippen molar-refractivity contribution in [3.05, 3.63) is 68.4 Å². The van der Waals surface area contributed by atoms with Gasteiger partial charge in [0.25, 0.3) is 5.56 Å². The van der Waals surface area contributed by atoms with Crippen LogP contribution in [-0.4, -0.2) is 47.9 Å². The molecule has 0 aliphatic rings. The molecular weight excluding hydrogens is 529 g/mol. The normalized spacial score (nSPS) is 13.1. The minimum Gasteiger partial charge on any atom is -0.496 e. The van der Waals surface area contributed by atoms with Gasteiger partial charge in [-0.2, -0.15) is 10.2 Å². The minimum absolute atomic E-state index is 0.115. The number of esters is 1. The monoisotopic (exact) mass is 559 g/mol. The zero-order valence-electron chi connectivity index (χ0n) is 22.7. The number of aliphatic hydroxyl groups excluding tert-OH is 1. The Balaban J connectivity index is 2.01. The van der Waals surface area contributed by atoms with Crippen molar-refractivity contribution in [1.29, 1.82) is 0 Å². The van der Waals surface area contributed by atoms with E-state index in [4.69, 9.17) is 9.47 Å². The van der Waals surface area contributed by atoms with E-state index in [1.54, 1.807) is 27.7 Å². The molecule has 0 saturated carbocycles. The van der Waals surface area contributed by atoms with Crippen LogP contribution in [0, 0.1) is 12.7 Å². The molecule has 0 aliphatic heterocycles. The second-order valence-corrected chi connectivity index (χ2v) is 11.5. The number of benzene rings is 1. The summed E-state index contributed by atoms with van der Waals surface area (Å²) in [5.74, 6) is -1.16. The Labute approximate surface area is 227 Å². The molecule has 0 radical (unpaired) electrons. The van der Waals surface area contributed by atoms with Crippen molar-refractivity contribution < 1.29 is 23.8 Å². The molecule has 1 atom stereocenters. The average Bonchev–Trinajstić information content (AvgIpc) is 3.48. The number of ether oxygens (including phenoxy) is 2. The molecule has 3 heterocycles. The number of fused-ring (bicyclic) bond motifs is 1. The maximum absolute atomic E-state index is 14.1. The number of thiophene rings is 1. The third kappa shape index (κ3) is 5.11. The molecule has 0 saturated heterocycles. The SMILES string of the molecule is COc1ccc(F)cc1[C@@H](O)Cn1c(=O)n(C(C)(C)C(=O)OC(C)(C)C)c(=O)c2c(C)c(-n3nccn3)sc21. The van der Waals surface area contributed by atoms with E-state index in [2.05, 4.69) is 10.2 Å². The number of carbonyl (C=O) groups is 1. The molecule has 3 aromatic heterocycles. The number of hydrogen-bond acceptors (Lipinski definition) is 9. The summed E-state index contributed by atoms with van der Waals surface area (Å²) in [6, 6.07) is 3.68. The minimum atomic E-state index is -1.71. The van der Waals surface area contributed by atoms with Crippen LogP contribution in [0.2, 0.25) is 0 Å². The van der Waals surface area contributed by atoms with E-state index < -0.39 is 40.3 Å². The highest BCUT2D eigenvalue weighted by atomic mass is 32.1. The Morgan fingerprint density at radius 3 is 2.38 bits per heavy atom. The lowest BCUT2D eigenvalue weighted by atomic mass is 10.0. The third-order valence-electron chi connectivity index (χ3n) is 6.15. The molecule has 0 fully saturated rings. The van der Waals surface area contributed by atoms with Crippen molar-refractivity contribution in [2.45, 2.75) is 65.3 Å². The molecule has 208 valence electrons. The van der Waals surface area contributed by atoms with Crippen LogP contribution in [-0.2, 0) is 21.6 Å². The molecule has 4 rings (SSSR count). The van der Waals surface area contributed by atoms with E-state index in [0.29, 0.717) is 10.6 Å². The maximum atomic E-state index is 14.1. The van der Waals surface area contributed by atoms with Crippen molar-refractivity contribution in [3.63, 3.8) is 0 Å². The lowest BCUT2D eigenvalue weighted by Gasteiger charge is -2.30. The summed E-state index contributed by atoms with van der Waals surface area (Å²) in [5, 5.41) is 20.1. The van der Waals surface area contributed by atoms with Crippen molar-refractivity contribution >= 4 is 27.5 Å². The van der Waals surface area contributed by atoms with Crippen molar-refractivity contribution in [3.8, 4) is 10.8 Å². The van der Waals surface area contributed by atoms with Crippen molar-refractivity contribution in [1.82, 2.24) is 24.1 Å². The molecule has 0 amide bonds. The molecule has 13 heteroatoms. The first kappa shape index (κ1) is 28.2. The number of methoxy groups -OCH3 is 1. The second-order valence-electron chi connectivity index (χ2n) is 10.5. The predicted octanol–water partition coefficient (Wildman–Crippen LogP) is 3.07. The Bertz CT molecular complexity index is 1660. The van der Waals surface area contributed by atoms with Crippen LogP contribution in [0.5, 0.6) is 5.75 Å². The van der Waals surface area contributed by atoms with E-state index in [-0.39, 0.29) is 28.1 Å². The molecule has 0 bridgehead atoms. The lowest BCUT2D eigenvalue weighted by molar-refractivity contribution is -0.164. The highest BCUT2D eigenvalue weighted by molar-refractivity contribution is 7.21. The van der Waals surface area contributed by atoms with Crippen LogP contribution in [0.4, 0.5) is 4.39 Å². The molecule has 0 unspecified atom stereocenters. The number of halogens is 1. The highest BCUT2D eigenvalue weighted by Crippen LogP contribution is 2.33. The van der Waals surface area contributed by atoms with Gasteiger partial charge in [0.1, 0.15) is 38.6 Å². The van der Waals surface area contributed by atoms with Gasteiger partial charge in [-0.05, 0) is 59.7 Å². The van der Waals surface area contributed by atoms with Crippen LogP contribution in [0.3, 0.4) is 0 Å². The molecule has 0 spiro atoms. The van der Waals surface area contributed by atoms with E-state index in [1.165, 1.54) is 54.8 Å². The quantitative estimate of drug-likeness (QED) is 0.342. The maximum Gasteiger partial charge on any atom is 0.333 e. The molecular formula is C26H30FN5O6S. The van der Waals surface area contributed by atoms with E-state index in [1.807, 2.05) is 0 Å². The topological polar surface area (TPSA) is 130 Å². The summed E-state index contributed by atoms with van der Waals surface area (Å²) in [4.78, 5) is 42.6. The Hall–Kier alpha value is -3.84. The van der Waals surface area contributed by atoms with Crippen LogP contribution in [0.15, 0.2) is 40.2 Å². The predicted molar refractivity (Wildman–Crippen MR) is 143 cm³/mol. The van der Waals surface area contributed by atoms with E-state index in [0.717, 1.165) is 22.0 Å². The van der Waals surface area contributed by atoms with Crippen molar-refractivity contribution in [2.24, 2.45) is 0 Å². The summed E-state index contributed by atoms with van der Waals surface area (Å²) in [6.07, 6.45) is 1.54. The molecule has 1 N–H and O–H groups in total. The third-order valence-corrected chi connectivity index (χ3v) is 7.43. The first-order valence-electron chi connectivity index (χ1n) is 12.1. The van der Waals surface area contributed by atoms with Crippen LogP contribution in [0.1, 0.15) is 51.8 Å². The summed E-state index contributed by atoms with van der Waals surface area (Å²) in [5.41, 5.74) is -3.54. The molecule has 11 nitrogen and oxygen atoms in total. The zero-order chi connectivity index (χ0) is 28.9. The van der Waals surface area contributed by atoms with Gasteiger partial charge in [-0.15, -0.1) is 4.80 Å². The van der Waals surface area contributed by atoms with Gasteiger partial charge in [0.15, 0.2) is 0 Å². The first-order chi connectivity index (χ1) is 18.2. The Kier molecular flexibility index (Phi) is 7.25. The van der Waals surface area contributed by atoms with Gasteiger partial charge in [0.2, 0.25) is 0 Å². The number of hydrogen-bond donors (Lipinski definition) is 1. The van der Waals surface area contributed by atoms with E-state index >= 15 is 0 Å². The van der Waals surface area contributed by atoms with Gasteiger partial charge in [-0.3, -0.25) is 9.36 Å². The Morgan fingerprint density at radius 1 is 1.15 bits per heavy atom. The standard InChI is InChI=1S/C26H30FN5O6S/c1-14-19-20(34)31(26(5,6)23(35)38-25(2,3)4)24(36)30(22(19)39-21(14)32-28-10-11-29-32)13-17(33)16-12-15(27)8-9-18(16)37-7/h8-12,17,33H,13H2,1-7H3/t17-/m0/s1. The van der Waals surface area contributed by atoms with Gasteiger partial charge in [0.05, 0.1) is 31.4 Å². The number of aromatic nitrogens is 5. The first-order valence-corrected chi connectivity index (χ1v) is 12.9. The number of aliphatic hydroxyl groups is 1. The molecule has 0 aliphatic carbocycles. The van der Waals surface area contributed by atoms with Gasteiger partial charge >= 0.3 is 11.7 Å². The Morgan fingerprint density at radius 2 is 1.79 bits per heavy atom. The van der Waals surface area contributed by atoms with E-state index in [9.17, 15) is 23.9 Å². The van der Waals surface area contributed by atoms with Crippen molar-refractivity contribution in [2.75, 3.05) is 7.11 Å². The fraction of sp³-hybridized carbons (Fsp3) is 0.423. The van der Waals surface area contributed by atoms with Crippen LogP contribution < -0.4 is 16.0 Å². The number of aryl methyl sites for hydroxylation is 1. The lowest BCUT2D eigenvalue weighted by Crippen LogP contribution is -2.54. The summed E-state index contributed by atoms with van der Waals surface area (Å²) < 4.78 is 26.9. The molecule has 1 aromatic carbocycles. The smallest absolute Gasteiger partial charge is 0.333 e. The molecule has 39 heavy (non-hydrogen) atoms. The molecule has 4 aromatic rings. The highest BCUT2D eigenvalue weighted by Gasteiger charge is 2.39. The van der Waals surface area contributed by atoms with Gasteiger partial charge < -0.3 is 14.6 Å². The van der Waals surface area contributed by atoms with Crippen LogP contribution >= 0.6 is 11.3 Å². The summed E-state index contributed by atoms with van der Waals surface area (Å²) in [7, 11) is 1.38. The summed E-state index contributed by atoms with van der Waals surface area (Å²) >= 11 is 1.08. The largest absolute Gasteiger partial charge is 0.496 e. The summed E-state index contributed by atoms with van der Waals surface area (Å²) in [6.45, 7) is 9.20. The average molecular weight is 560 g/mol. The fourth-order valence-electron chi connectivity index (χ4n) is 4.23. The zero-order valence-corrected chi connectivity index (χ0v) is 23.5. The fourth-order valence-corrected chi connectivity index (χ4v) is 5.45. The number of rotatable bonds is 7.